The Kier molecular flexibility index (Phi) is 1.83. The molecular formula is C7H5N3O. The smallest absolute Gasteiger partial charge is 0.109 e. The van der Waals surface area contributed by atoms with E-state index in [2.05, 4.69) is 5.18 Å². The SMILES string of the molecule is N#Cc1cc(N=O)ccc1N. The maximum Gasteiger partial charge on any atom is 0.109 e. The average molecular weight is 147 g/mol. The fourth-order valence-electron chi connectivity index (χ4n) is 0.698. The van der Waals surface area contributed by atoms with Crippen LogP contribution < -0.4 is 5.73 Å². The van der Waals surface area contributed by atoms with E-state index in [-0.39, 0.29) is 11.3 Å². The van der Waals surface area contributed by atoms with Crippen molar-refractivity contribution in [2.45, 2.75) is 0 Å². The highest BCUT2D eigenvalue weighted by atomic mass is 16.3. The molecule has 4 heteroatoms. The van der Waals surface area contributed by atoms with E-state index in [4.69, 9.17) is 11.0 Å². The largest absolute Gasteiger partial charge is 0.398 e. The number of anilines is 1. The van der Waals surface area contributed by atoms with E-state index in [1.54, 1.807) is 0 Å². The molecule has 1 aromatic rings. The molecule has 0 spiro atoms. The van der Waals surface area contributed by atoms with Crippen LogP contribution in [-0.4, -0.2) is 0 Å². The molecule has 0 unspecified atom stereocenters. The van der Waals surface area contributed by atoms with Gasteiger partial charge in [-0.25, -0.2) is 0 Å². The molecule has 11 heavy (non-hydrogen) atoms. The Morgan fingerprint density at radius 1 is 1.55 bits per heavy atom. The highest BCUT2D eigenvalue weighted by Gasteiger charge is 1.98. The minimum absolute atomic E-state index is 0.218. The van der Waals surface area contributed by atoms with Crippen molar-refractivity contribution < 1.29 is 0 Å². The summed E-state index contributed by atoms with van der Waals surface area (Å²) in [5, 5.41) is 11.1. The molecule has 0 atom stereocenters. The van der Waals surface area contributed by atoms with E-state index < -0.39 is 0 Å². The van der Waals surface area contributed by atoms with E-state index >= 15 is 0 Å². The topological polar surface area (TPSA) is 79.2 Å². The zero-order valence-corrected chi connectivity index (χ0v) is 5.61. The molecular weight excluding hydrogens is 142 g/mol. The van der Waals surface area contributed by atoms with E-state index in [1.165, 1.54) is 18.2 Å². The highest BCUT2D eigenvalue weighted by Crippen LogP contribution is 2.18. The third-order valence-corrected chi connectivity index (χ3v) is 1.26. The van der Waals surface area contributed by atoms with Gasteiger partial charge in [0.1, 0.15) is 11.8 Å². The van der Waals surface area contributed by atoms with Gasteiger partial charge in [-0.3, -0.25) is 0 Å². The molecule has 1 aromatic carbocycles. The molecule has 2 N–H and O–H groups in total. The summed E-state index contributed by atoms with van der Waals surface area (Å²) in [6, 6.07) is 6.14. The van der Waals surface area contributed by atoms with Gasteiger partial charge in [0.15, 0.2) is 0 Å². The molecule has 0 saturated heterocycles. The second-order valence-electron chi connectivity index (χ2n) is 1.97. The molecule has 0 bridgehead atoms. The second-order valence-corrected chi connectivity index (χ2v) is 1.97. The van der Waals surface area contributed by atoms with Gasteiger partial charge in [0.25, 0.3) is 0 Å². The van der Waals surface area contributed by atoms with Gasteiger partial charge in [-0.2, -0.15) is 5.26 Å². The summed E-state index contributed by atoms with van der Waals surface area (Å²) in [5.74, 6) is 0. The molecule has 0 fully saturated rings. The van der Waals surface area contributed by atoms with Crippen molar-refractivity contribution in [3.05, 3.63) is 28.7 Å². The minimum Gasteiger partial charge on any atom is -0.398 e. The maximum absolute atomic E-state index is 9.99. The fourth-order valence-corrected chi connectivity index (χ4v) is 0.698. The summed E-state index contributed by atoms with van der Waals surface area (Å²) in [7, 11) is 0. The van der Waals surface area contributed by atoms with Crippen LogP contribution in [0, 0.1) is 16.2 Å². The van der Waals surface area contributed by atoms with Gasteiger partial charge in [-0.15, -0.1) is 4.91 Å². The second kappa shape index (κ2) is 2.80. The fraction of sp³-hybridized carbons (Fsp3) is 0. The van der Waals surface area contributed by atoms with Gasteiger partial charge in [0.2, 0.25) is 0 Å². The average Bonchev–Trinajstić information content (AvgIpc) is 2.05. The molecule has 0 radical (unpaired) electrons. The lowest BCUT2D eigenvalue weighted by molar-refractivity contribution is 1.45. The van der Waals surface area contributed by atoms with Crippen molar-refractivity contribution in [2.75, 3.05) is 5.73 Å². The predicted octanol–water partition coefficient (Wildman–Crippen LogP) is 1.54. The standard InChI is InChI=1S/C7H5N3O/c8-4-5-3-6(10-11)1-2-7(5)9/h1-3H,9H2. The molecule has 0 heterocycles. The van der Waals surface area contributed by atoms with Gasteiger partial charge in [0, 0.05) is 5.69 Å². The monoisotopic (exact) mass is 147 g/mol. The quantitative estimate of drug-likeness (QED) is 0.483. The zero-order valence-electron chi connectivity index (χ0n) is 5.61. The summed E-state index contributed by atoms with van der Waals surface area (Å²) in [6.07, 6.45) is 0. The van der Waals surface area contributed by atoms with E-state index in [1.807, 2.05) is 6.07 Å². The van der Waals surface area contributed by atoms with Crippen LogP contribution in [0.3, 0.4) is 0 Å². The molecule has 0 aliphatic heterocycles. The number of benzene rings is 1. The zero-order chi connectivity index (χ0) is 8.27. The van der Waals surface area contributed by atoms with Crippen molar-refractivity contribution >= 4 is 11.4 Å². The number of nitroso groups, excluding NO2 is 1. The Morgan fingerprint density at radius 2 is 2.27 bits per heavy atom. The van der Waals surface area contributed by atoms with Gasteiger partial charge >= 0.3 is 0 Å². The minimum atomic E-state index is 0.218. The van der Waals surface area contributed by atoms with Crippen LogP contribution in [0.25, 0.3) is 0 Å². The molecule has 4 nitrogen and oxygen atoms in total. The lowest BCUT2D eigenvalue weighted by atomic mass is 10.2. The predicted molar refractivity (Wildman–Crippen MR) is 41.0 cm³/mol. The first-order chi connectivity index (χ1) is 5.27. The third kappa shape index (κ3) is 1.33. The van der Waals surface area contributed by atoms with Crippen molar-refractivity contribution in [3.8, 4) is 6.07 Å². The van der Waals surface area contributed by atoms with Gasteiger partial charge < -0.3 is 5.73 Å². The molecule has 1 rings (SSSR count). The molecule has 0 aliphatic carbocycles. The van der Waals surface area contributed by atoms with E-state index in [9.17, 15) is 4.91 Å². The van der Waals surface area contributed by atoms with Crippen LogP contribution in [0.4, 0.5) is 11.4 Å². The normalized spacial score (nSPS) is 8.64. The van der Waals surface area contributed by atoms with Gasteiger partial charge in [-0.1, -0.05) is 0 Å². The van der Waals surface area contributed by atoms with Gasteiger partial charge in [0.05, 0.1) is 5.56 Å². The van der Waals surface area contributed by atoms with Crippen LogP contribution in [0.15, 0.2) is 23.4 Å². The third-order valence-electron chi connectivity index (χ3n) is 1.26. The van der Waals surface area contributed by atoms with Crippen LogP contribution in [0.1, 0.15) is 5.56 Å². The first kappa shape index (κ1) is 7.22. The maximum atomic E-state index is 9.99. The highest BCUT2D eigenvalue weighted by molar-refractivity contribution is 5.59. The molecule has 54 valence electrons. The Labute approximate surface area is 63.2 Å². The molecule has 0 saturated carbocycles. The van der Waals surface area contributed by atoms with E-state index in [0.29, 0.717) is 5.69 Å². The Balaban J connectivity index is 3.25. The van der Waals surface area contributed by atoms with Crippen LogP contribution in [-0.2, 0) is 0 Å². The number of nitrogen functional groups attached to an aromatic ring is 1. The van der Waals surface area contributed by atoms with Gasteiger partial charge in [-0.05, 0) is 23.4 Å². The number of nitrogens with two attached hydrogens (primary N) is 1. The van der Waals surface area contributed by atoms with Crippen LogP contribution in [0.2, 0.25) is 0 Å². The molecule has 0 amide bonds. The number of nitrogens with zero attached hydrogens (tertiary/aromatic N) is 2. The summed E-state index contributed by atoms with van der Waals surface area (Å²) in [6.45, 7) is 0. The number of hydrogen-bond donors (Lipinski definition) is 1. The molecule has 0 aromatic heterocycles. The summed E-state index contributed by atoms with van der Waals surface area (Å²) < 4.78 is 0. The lowest BCUT2D eigenvalue weighted by Crippen LogP contribution is -1.88. The summed E-state index contributed by atoms with van der Waals surface area (Å²) in [4.78, 5) is 9.99. The van der Waals surface area contributed by atoms with Crippen molar-refractivity contribution in [2.24, 2.45) is 5.18 Å². The van der Waals surface area contributed by atoms with Crippen molar-refractivity contribution in [1.82, 2.24) is 0 Å². The van der Waals surface area contributed by atoms with Crippen LogP contribution >= 0.6 is 0 Å². The number of nitriles is 1. The first-order valence-corrected chi connectivity index (χ1v) is 2.91. The number of hydrogen-bond acceptors (Lipinski definition) is 4. The Hall–Kier alpha value is -1.89. The number of rotatable bonds is 1. The van der Waals surface area contributed by atoms with Crippen LogP contribution in [0.5, 0.6) is 0 Å². The summed E-state index contributed by atoms with van der Waals surface area (Å²) in [5.41, 5.74) is 6.25. The first-order valence-electron chi connectivity index (χ1n) is 2.91. The van der Waals surface area contributed by atoms with Crippen molar-refractivity contribution in [1.29, 1.82) is 5.26 Å². The van der Waals surface area contributed by atoms with E-state index in [0.717, 1.165) is 0 Å². The Bertz CT molecular complexity index is 327. The molecule has 0 aliphatic rings. The Morgan fingerprint density at radius 3 is 2.82 bits per heavy atom. The van der Waals surface area contributed by atoms with Crippen molar-refractivity contribution in [3.63, 3.8) is 0 Å². The lowest BCUT2D eigenvalue weighted by Gasteiger charge is -1.94. The summed E-state index contributed by atoms with van der Waals surface area (Å²) >= 11 is 0.